The molecule has 0 aromatic heterocycles. The second kappa shape index (κ2) is 4.26. The van der Waals surface area contributed by atoms with E-state index in [1.165, 1.54) is 0 Å². The fourth-order valence-electron chi connectivity index (χ4n) is 1.88. The molecule has 0 radical (unpaired) electrons. The van der Waals surface area contributed by atoms with Gasteiger partial charge in [0.1, 0.15) is 0 Å². The van der Waals surface area contributed by atoms with Crippen molar-refractivity contribution >= 4 is 11.6 Å². The van der Waals surface area contributed by atoms with Gasteiger partial charge in [-0.25, -0.2) is 0 Å². The maximum Gasteiger partial charge on any atom is 0.0336 e. The first-order valence-electron chi connectivity index (χ1n) is 4.39. The van der Waals surface area contributed by atoms with E-state index >= 15 is 0 Å². The van der Waals surface area contributed by atoms with Gasteiger partial charge in [-0.3, -0.25) is 4.90 Å². The van der Waals surface area contributed by atoms with Crippen LogP contribution in [0.4, 0.5) is 0 Å². The Morgan fingerprint density at radius 3 is 2.83 bits per heavy atom. The molecule has 2 unspecified atom stereocenters. The van der Waals surface area contributed by atoms with Crippen molar-refractivity contribution in [3.8, 4) is 0 Å². The highest BCUT2D eigenvalue weighted by molar-refractivity contribution is 6.29. The predicted molar refractivity (Wildman–Crippen MR) is 53.2 cm³/mol. The summed E-state index contributed by atoms with van der Waals surface area (Å²) in [5.74, 6) is 0.685. The van der Waals surface area contributed by atoms with Gasteiger partial charge in [0, 0.05) is 30.7 Å². The molecule has 1 aliphatic heterocycles. The van der Waals surface area contributed by atoms with Gasteiger partial charge in [0.05, 0.1) is 0 Å². The van der Waals surface area contributed by atoms with Crippen molar-refractivity contribution in [2.45, 2.75) is 19.4 Å². The van der Waals surface area contributed by atoms with E-state index in [0.29, 0.717) is 17.0 Å². The topological polar surface area (TPSA) is 29.3 Å². The van der Waals surface area contributed by atoms with Crippen LogP contribution in [0, 0.1) is 5.92 Å². The van der Waals surface area contributed by atoms with Crippen molar-refractivity contribution in [2.24, 2.45) is 11.7 Å². The Kier molecular flexibility index (Phi) is 3.56. The van der Waals surface area contributed by atoms with Crippen LogP contribution in [0.15, 0.2) is 11.6 Å². The Morgan fingerprint density at radius 2 is 2.33 bits per heavy atom. The van der Waals surface area contributed by atoms with Crippen molar-refractivity contribution in [1.29, 1.82) is 0 Å². The van der Waals surface area contributed by atoms with Gasteiger partial charge in [-0.05, 0) is 12.3 Å². The molecule has 0 saturated carbocycles. The average Bonchev–Trinajstić information content (AvgIpc) is 1.81. The van der Waals surface area contributed by atoms with Crippen molar-refractivity contribution in [1.82, 2.24) is 4.90 Å². The third-order valence-corrected chi connectivity index (χ3v) is 2.28. The molecular weight excluding hydrogens is 172 g/mol. The molecule has 0 bridgehead atoms. The molecule has 0 spiro atoms. The first-order valence-corrected chi connectivity index (χ1v) is 4.77. The van der Waals surface area contributed by atoms with Crippen LogP contribution in [0.25, 0.3) is 0 Å². The zero-order valence-electron chi connectivity index (χ0n) is 7.59. The fraction of sp³-hybridized carbons (Fsp3) is 0.778. The van der Waals surface area contributed by atoms with Gasteiger partial charge in [0.2, 0.25) is 0 Å². The van der Waals surface area contributed by atoms with Crippen molar-refractivity contribution in [3.05, 3.63) is 11.6 Å². The monoisotopic (exact) mass is 188 g/mol. The fourth-order valence-corrected chi connectivity index (χ4v) is 2.05. The van der Waals surface area contributed by atoms with Gasteiger partial charge in [0.25, 0.3) is 0 Å². The van der Waals surface area contributed by atoms with Crippen LogP contribution in [0.1, 0.15) is 13.3 Å². The molecule has 1 heterocycles. The van der Waals surface area contributed by atoms with Crippen LogP contribution >= 0.6 is 11.6 Å². The van der Waals surface area contributed by atoms with E-state index in [4.69, 9.17) is 17.3 Å². The van der Waals surface area contributed by atoms with Crippen LogP contribution in [-0.2, 0) is 0 Å². The molecule has 12 heavy (non-hydrogen) atoms. The quantitative estimate of drug-likeness (QED) is 0.710. The molecule has 0 amide bonds. The van der Waals surface area contributed by atoms with E-state index < -0.39 is 0 Å². The highest BCUT2D eigenvalue weighted by atomic mass is 35.5. The Hall–Kier alpha value is -0.0500. The van der Waals surface area contributed by atoms with Crippen LogP contribution < -0.4 is 5.73 Å². The maximum atomic E-state index is 5.88. The lowest BCUT2D eigenvalue weighted by molar-refractivity contribution is 0.180. The lowest BCUT2D eigenvalue weighted by atomic mass is 9.97. The van der Waals surface area contributed by atoms with E-state index in [1.54, 1.807) is 0 Å². The van der Waals surface area contributed by atoms with E-state index in [0.717, 1.165) is 26.1 Å². The summed E-state index contributed by atoms with van der Waals surface area (Å²) in [5.41, 5.74) is 5.88. The molecule has 1 rings (SSSR count). The van der Waals surface area contributed by atoms with Gasteiger partial charge in [-0.2, -0.15) is 0 Å². The first kappa shape index (κ1) is 10.0. The summed E-state index contributed by atoms with van der Waals surface area (Å²) in [7, 11) is 0. The molecule has 0 aliphatic carbocycles. The first-order chi connectivity index (χ1) is 5.58. The standard InChI is InChI=1S/C9H17ClN2/c1-7-3-9(11)6-12(4-7)5-8(2)10/h7,9H,2-6,11H2,1H3. The second-order valence-corrected chi connectivity index (χ2v) is 4.35. The summed E-state index contributed by atoms with van der Waals surface area (Å²) in [6.45, 7) is 8.74. The highest BCUT2D eigenvalue weighted by Gasteiger charge is 2.21. The zero-order valence-corrected chi connectivity index (χ0v) is 8.35. The van der Waals surface area contributed by atoms with Gasteiger partial charge in [-0.1, -0.05) is 25.1 Å². The maximum absolute atomic E-state index is 5.88. The number of halogens is 1. The van der Waals surface area contributed by atoms with Gasteiger partial charge in [0.15, 0.2) is 0 Å². The molecule has 3 heteroatoms. The van der Waals surface area contributed by atoms with Crippen molar-refractivity contribution < 1.29 is 0 Å². The largest absolute Gasteiger partial charge is 0.327 e. The highest BCUT2D eigenvalue weighted by Crippen LogP contribution is 2.16. The van der Waals surface area contributed by atoms with Gasteiger partial charge in [-0.15, -0.1) is 0 Å². The summed E-state index contributed by atoms with van der Waals surface area (Å²) < 4.78 is 0. The van der Waals surface area contributed by atoms with Crippen LogP contribution in [-0.4, -0.2) is 30.6 Å². The van der Waals surface area contributed by atoms with Crippen molar-refractivity contribution in [2.75, 3.05) is 19.6 Å². The predicted octanol–water partition coefficient (Wildman–Crippen LogP) is 1.41. The number of hydrogen-bond donors (Lipinski definition) is 1. The third-order valence-electron chi connectivity index (χ3n) is 2.16. The summed E-state index contributed by atoms with van der Waals surface area (Å²) in [6, 6.07) is 0.310. The SMILES string of the molecule is C=C(Cl)CN1CC(C)CC(N)C1. The summed E-state index contributed by atoms with van der Waals surface area (Å²) >= 11 is 5.73. The Balaban J connectivity index is 2.38. The van der Waals surface area contributed by atoms with Crippen LogP contribution in [0.5, 0.6) is 0 Å². The van der Waals surface area contributed by atoms with E-state index in [9.17, 15) is 0 Å². The number of piperidine rings is 1. The zero-order chi connectivity index (χ0) is 9.14. The number of nitrogens with zero attached hydrogens (tertiary/aromatic N) is 1. The van der Waals surface area contributed by atoms with E-state index in [-0.39, 0.29) is 0 Å². The number of likely N-dealkylation sites (tertiary alicyclic amines) is 1. The minimum absolute atomic E-state index is 0.310. The minimum atomic E-state index is 0.310. The summed E-state index contributed by atoms with van der Waals surface area (Å²) in [4.78, 5) is 2.27. The lowest BCUT2D eigenvalue weighted by Crippen LogP contribution is -2.46. The Labute approximate surface area is 79.4 Å². The number of hydrogen-bond acceptors (Lipinski definition) is 2. The number of nitrogens with two attached hydrogens (primary N) is 1. The van der Waals surface area contributed by atoms with Crippen LogP contribution in [0.2, 0.25) is 0 Å². The van der Waals surface area contributed by atoms with Gasteiger partial charge < -0.3 is 5.73 Å². The lowest BCUT2D eigenvalue weighted by Gasteiger charge is -2.34. The molecular formula is C9H17ClN2. The Bertz CT molecular complexity index is 160. The van der Waals surface area contributed by atoms with Gasteiger partial charge >= 0.3 is 0 Å². The Morgan fingerprint density at radius 1 is 1.67 bits per heavy atom. The van der Waals surface area contributed by atoms with Crippen LogP contribution in [0.3, 0.4) is 0 Å². The summed E-state index contributed by atoms with van der Waals surface area (Å²) in [6.07, 6.45) is 1.13. The molecule has 0 aromatic carbocycles. The molecule has 2 atom stereocenters. The summed E-state index contributed by atoms with van der Waals surface area (Å²) in [5, 5.41) is 0.705. The third kappa shape index (κ3) is 3.13. The molecule has 1 fully saturated rings. The molecule has 0 aromatic rings. The van der Waals surface area contributed by atoms with E-state index in [2.05, 4.69) is 18.4 Å². The molecule has 70 valence electrons. The smallest absolute Gasteiger partial charge is 0.0336 e. The van der Waals surface area contributed by atoms with Crippen molar-refractivity contribution in [3.63, 3.8) is 0 Å². The molecule has 1 aliphatic rings. The normalized spacial score (nSPS) is 31.9. The molecule has 2 N–H and O–H groups in total. The molecule has 2 nitrogen and oxygen atoms in total. The number of rotatable bonds is 2. The molecule has 1 saturated heterocycles. The minimum Gasteiger partial charge on any atom is -0.327 e. The second-order valence-electron chi connectivity index (χ2n) is 3.81. The average molecular weight is 189 g/mol. The van der Waals surface area contributed by atoms with E-state index in [1.807, 2.05) is 0 Å².